The van der Waals surface area contributed by atoms with Crippen LogP contribution in [0.5, 0.6) is 0 Å². The zero-order valence-electron chi connectivity index (χ0n) is 12.1. The Hall–Kier alpha value is -1.42. The molecule has 1 atom stereocenters. The summed E-state index contributed by atoms with van der Waals surface area (Å²) in [6.07, 6.45) is -5.06. The minimum atomic E-state index is -5.06. The second-order valence-corrected chi connectivity index (χ2v) is 7.57. The first-order chi connectivity index (χ1) is 11.1. The number of hydrogen-bond acceptors (Lipinski definition) is 3. The number of rotatable bonds is 5. The SMILES string of the molecule is O=S(=O)(NCC(O)(c1ccccc1)C(F)(F)F)c1ccccc1Br. The molecule has 0 fully saturated rings. The third kappa shape index (κ3) is 3.80. The van der Waals surface area contributed by atoms with E-state index < -0.39 is 33.9 Å². The maximum Gasteiger partial charge on any atom is 0.422 e. The summed E-state index contributed by atoms with van der Waals surface area (Å²) >= 11 is 3.03. The van der Waals surface area contributed by atoms with Gasteiger partial charge in [-0.3, -0.25) is 0 Å². The zero-order valence-corrected chi connectivity index (χ0v) is 14.5. The molecular weight excluding hydrogens is 411 g/mol. The molecule has 1 unspecified atom stereocenters. The predicted molar refractivity (Wildman–Crippen MR) is 85.7 cm³/mol. The number of alkyl halides is 3. The summed E-state index contributed by atoms with van der Waals surface area (Å²) in [4.78, 5) is -0.220. The number of nitrogens with one attached hydrogen (secondary N) is 1. The summed E-state index contributed by atoms with van der Waals surface area (Å²) in [7, 11) is -4.25. The number of halogens is 4. The van der Waals surface area contributed by atoms with Gasteiger partial charge in [-0.25, -0.2) is 13.1 Å². The van der Waals surface area contributed by atoms with Crippen LogP contribution in [0.3, 0.4) is 0 Å². The van der Waals surface area contributed by atoms with Gasteiger partial charge in [0.1, 0.15) is 0 Å². The highest BCUT2D eigenvalue weighted by Crippen LogP contribution is 2.38. The summed E-state index contributed by atoms with van der Waals surface area (Å²) in [5.41, 5.74) is -3.80. The van der Waals surface area contributed by atoms with Crippen LogP contribution in [0.2, 0.25) is 0 Å². The highest BCUT2D eigenvalue weighted by atomic mass is 79.9. The third-order valence-corrected chi connectivity index (χ3v) is 5.78. The fraction of sp³-hybridized carbons (Fsp3) is 0.200. The highest BCUT2D eigenvalue weighted by molar-refractivity contribution is 9.10. The van der Waals surface area contributed by atoms with Crippen molar-refractivity contribution in [2.45, 2.75) is 16.7 Å². The molecule has 130 valence electrons. The van der Waals surface area contributed by atoms with Gasteiger partial charge in [-0.05, 0) is 33.6 Å². The van der Waals surface area contributed by atoms with Gasteiger partial charge in [0.15, 0.2) is 5.60 Å². The van der Waals surface area contributed by atoms with E-state index in [0.29, 0.717) is 0 Å². The molecule has 0 bridgehead atoms. The van der Waals surface area contributed by atoms with Crippen LogP contribution in [0.1, 0.15) is 5.56 Å². The van der Waals surface area contributed by atoms with Crippen molar-refractivity contribution < 1.29 is 26.7 Å². The predicted octanol–water partition coefficient (Wildman–Crippen LogP) is 3.18. The molecule has 24 heavy (non-hydrogen) atoms. The molecular formula is C15H13BrF3NO3S. The molecule has 0 aromatic heterocycles. The fourth-order valence-corrected chi connectivity index (χ4v) is 4.08. The van der Waals surface area contributed by atoms with Crippen LogP contribution in [-0.2, 0) is 15.6 Å². The van der Waals surface area contributed by atoms with Gasteiger partial charge in [-0.2, -0.15) is 13.2 Å². The molecule has 0 saturated carbocycles. The van der Waals surface area contributed by atoms with Gasteiger partial charge in [0.05, 0.1) is 11.4 Å². The first-order valence-electron chi connectivity index (χ1n) is 6.67. The Morgan fingerprint density at radius 3 is 2.08 bits per heavy atom. The second-order valence-electron chi connectivity index (χ2n) is 4.98. The molecule has 0 aliphatic heterocycles. The Morgan fingerprint density at radius 1 is 1.00 bits per heavy atom. The molecule has 4 nitrogen and oxygen atoms in total. The van der Waals surface area contributed by atoms with Gasteiger partial charge >= 0.3 is 6.18 Å². The Morgan fingerprint density at radius 2 is 1.54 bits per heavy atom. The summed E-state index contributed by atoms with van der Waals surface area (Å²) < 4.78 is 66.6. The van der Waals surface area contributed by atoms with Crippen molar-refractivity contribution in [3.05, 3.63) is 64.6 Å². The number of benzene rings is 2. The lowest BCUT2D eigenvalue weighted by molar-refractivity contribution is -0.263. The van der Waals surface area contributed by atoms with Crippen molar-refractivity contribution in [3.8, 4) is 0 Å². The minimum absolute atomic E-state index is 0.202. The van der Waals surface area contributed by atoms with Crippen molar-refractivity contribution in [1.82, 2.24) is 4.72 Å². The fourth-order valence-electron chi connectivity index (χ4n) is 2.02. The van der Waals surface area contributed by atoms with Crippen LogP contribution in [0.15, 0.2) is 64.0 Å². The average Bonchev–Trinajstić information content (AvgIpc) is 2.52. The third-order valence-electron chi connectivity index (χ3n) is 3.36. The lowest BCUT2D eigenvalue weighted by atomic mass is 9.93. The van der Waals surface area contributed by atoms with E-state index in [4.69, 9.17) is 0 Å². The van der Waals surface area contributed by atoms with Gasteiger partial charge in [-0.15, -0.1) is 0 Å². The largest absolute Gasteiger partial charge is 0.422 e. The van der Waals surface area contributed by atoms with Crippen LogP contribution >= 0.6 is 15.9 Å². The van der Waals surface area contributed by atoms with Gasteiger partial charge in [-0.1, -0.05) is 42.5 Å². The smallest absolute Gasteiger partial charge is 0.375 e. The van der Waals surface area contributed by atoms with E-state index in [-0.39, 0.29) is 9.37 Å². The van der Waals surface area contributed by atoms with Crippen molar-refractivity contribution in [1.29, 1.82) is 0 Å². The molecule has 0 radical (unpaired) electrons. The minimum Gasteiger partial charge on any atom is -0.375 e. The van der Waals surface area contributed by atoms with Crippen molar-refractivity contribution in [2.24, 2.45) is 0 Å². The van der Waals surface area contributed by atoms with Gasteiger partial charge in [0.25, 0.3) is 0 Å². The van der Waals surface area contributed by atoms with Crippen LogP contribution in [-0.4, -0.2) is 26.2 Å². The quantitative estimate of drug-likeness (QED) is 0.775. The van der Waals surface area contributed by atoms with Crippen LogP contribution in [0.4, 0.5) is 13.2 Å². The molecule has 0 saturated heterocycles. The Kier molecular flexibility index (Phi) is 5.38. The van der Waals surface area contributed by atoms with E-state index in [1.165, 1.54) is 36.4 Å². The van der Waals surface area contributed by atoms with E-state index in [1.54, 1.807) is 6.07 Å². The molecule has 0 spiro atoms. The van der Waals surface area contributed by atoms with E-state index >= 15 is 0 Å². The van der Waals surface area contributed by atoms with Gasteiger partial charge in [0.2, 0.25) is 10.0 Å². The molecule has 0 aliphatic carbocycles. The first kappa shape index (κ1) is 18.9. The lowest BCUT2D eigenvalue weighted by Gasteiger charge is -2.31. The number of aliphatic hydroxyl groups is 1. The average molecular weight is 424 g/mol. The normalized spacial score (nSPS) is 15.0. The van der Waals surface area contributed by atoms with Gasteiger partial charge < -0.3 is 5.11 Å². The number of sulfonamides is 1. The molecule has 0 amide bonds. The second kappa shape index (κ2) is 6.83. The topological polar surface area (TPSA) is 66.4 Å². The molecule has 2 aromatic rings. The zero-order chi connectivity index (χ0) is 18.0. The van der Waals surface area contributed by atoms with E-state index in [0.717, 1.165) is 12.1 Å². The maximum atomic E-state index is 13.4. The maximum absolute atomic E-state index is 13.4. The van der Waals surface area contributed by atoms with Crippen LogP contribution in [0.25, 0.3) is 0 Å². The molecule has 0 aliphatic rings. The van der Waals surface area contributed by atoms with Crippen molar-refractivity contribution in [3.63, 3.8) is 0 Å². The molecule has 2 N–H and O–H groups in total. The summed E-state index contributed by atoms with van der Waals surface area (Å²) in [5, 5.41) is 10.1. The summed E-state index contributed by atoms with van der Waals surface area (Å²) in [6, 6.07) is 12.0. The standard InChI is InChI=1S/C15H13BrF3NO3S/c16-12-8-4-5-9-13(12)24(22,23)20-10-14(21,15(17,18)19)11-6-2-1-3-7-11/h1-9,20-21H,10H2. The lowest BCUT2D eigenvalue weighted by Crippen LogP contribution is -2.51. The van der Waals surface area contributed by atoms with E-state index in [1.807, 2.05) is 4.72 Å². The van der Waals surface area contributed by atoms with Crippen LogP contribution in [0, 0.1) is 0 Å². The Bertz CT molecular complexity index is 812. The summed E-state index contributed by atoms with van der Waals surface area (Å²) in [6.45, 7) is -1.25. The Labute approximate surface area is 145 Å². The summed E-state index contributed by atoms with van der Waals surface area (Å²) in [5.74, 6) is 0. The molecule has 2 rings (SSSR count). The number of hydrogen-bond donors (Lipinski definition) is 2. The van der Waals surface area contributed by atoms with Crippen molar-refractivity contribution in [2.75, 3.05) is 6.54 Å². The monoisotopic (exact) mass is 423 g/mol. The van der Waals surface area contributed by atoms with E-state index in [9.17, 15) is 26.7 Å². The van der Waals surface area contributed by atoms with Crippen LogP contribution < -0.4 is 4.72 Å². The first-order valence-corrected chi connectivity index (χ1v) is 8.94. The van der Waals surface area contributed by atoms with Crippen molar-refractivity contribution >= 4 is 26.0 Å². The molecule has 0 heterocycles. The van der Waals surface area contributed by atoms with E-state index in [2.05, 4.69) is 15.9 Å². The molecule has 2 aromatic carbocycles. The van der Waals surface area contributed by atoms with Gasteiger partial charge in [0, 0.05) is 4.47 Å². The highest BCUT2D eigenvalue weighted by Gasteiger charge is 2.55. The Balaban J connectivity index is 2.35. The molecule has 9 heteroatoms.